The lowest BCUT2D eigenvalue weighted by Crippen LogP contribution is -2.48. The van der Waals surface area contributed by atoms with Crippen molar-refractivity contribution in [1.82, 2.24) is 10.2 Å². The first-order valence-corrected chi connectivity index (χ1v) is 8.02. The maximum Gasteiger partial charge on any atom is 0.234 e. The highest BCUT2D eigenvalue weighted by atomic mass is 19.1. The monoisotopic (exact) mass is 337 g/mol. The zero-order chi connectivity index (χ0) is 17.5. The van der Waals surface area contributed by atoms with Crippen LogP contribution in [-0.2, 0) is 20.9 Å². The van der Waals surface area contributed by atoms with Gasteiger partial charge in [-0.3, -0.25) is 14.5 Å². The smallest absolute Gasteiger partial charge is 0.234 e. The molecule has 132 valence electrons. The Morgan fingerprint density at radius 3 is 2.92 bits per heavy atom. The van der Waals surface area contributed by atoms with Crippen molar-refractivity contribution < 1.29 is 18.7 Å². The topological polar surface area (TPSA) is 84.7 Å². The third-order valence-corrected chi connectivity index (χ3v) is 4.26. The fourth-order valence-electron chi connectivity index (χ4n) is 3.10. The molecule has 2 rings (SSSR count). The molecule has 0 bridgehead atoms. The fourth-order valence-corrected chi connectivity index (χ4v) is 3.10. The Balaban J connectivity index is 1.81. The van der Waals surface area contributed by atoms with Gasteiger partial charge >= 0.3 is 0 Å². The number of primary amides is 1. The molecule has 0 saturated carbocycles. The largest absolute Gasteiger partial charge is 0.381 e. The maximum atomic E-state index is 13.1. The summed E-state index contributed by atoms with van der Waals surface area (Å²) in [6, 6.07) is 6.13. The summed E-state index contributed by atoms with van der Waals surface area (Å²) in [7, 11) is 1.63. The lowest BCUT2D eigenvalue weighted by Gasteiger charge is -2.37. The SMILES string of the molecule is CO[C@@H]1CCN(CC(=O)NCc2cccc(F)c2)C[C@H]1CC(N)=O. The number of hydrogen-bond acceptors (Lipinski definition) is 4. The number of piperidine rings is 1. The van der Waals surface area contributed by atoms with Gasteiger partial charge in [0.15, 0.2) is 0 Å². The summed E-state index contributed by atoms with van der Waals surface area (Å²) in [6.45, 7) is 1.84. The van der Waals surface area contributed by atoms with Crippen molar-refractivity contribution in [3.63, 3.8) is 0 Å². The van der Waals surface area contributed by atoms with Gasteiger partial charge in [-0.25, -0.2) is 4.39 Å². The lowest BCUT2D eigenvalue weighted by molar-refractivity contribution is -0.124. The number of nitrogens with zero attached hydrogens (tertiary/aromatic N) is 1. The quantitative estimate of drug-likeness (QED) is 0.765. The van der Waals surface area contributed by atoms with Gasteiger partial charge in [-0.15, -0.1) is 0 Å². The minimum absolute atomic E-state index is 0.00253. The number of benzene rings is 1. The number of rotatable bonds is 7. The first-order chi connectivity index (χ1) is 11.5. The van der Waals surface area contributed by atoms with E-state index in [1.807, 2.05) is 4.90 Å². The van der Waals surface area contributed by atoms with Crippen LogP contribution in [0, 0.1) is 11.7 Å². The molecule has 0 spiro atoms. The Labute approximate surface area is 141 Å². The van der Waals surface area contributed by atoms with Crippen LogP contribution in [0.2, 0.25) is 0 Å². The molecule has 2 atom stereocenters. The number of carbonyl (C=O) groups is 2. The van der Waals surface area contributed by atoms with Crippen LogP contribution in [0.25, 0.3) is 0 Å². The molecule has 0 aromatic heterocycles. The van der Waals surface area contributed by atoms with Crippen LogP contribution in [0.1, 0.15) is 18.4 Å². The van der Waals surface area contributed by atoms with Gasteiger partial charge in [0.2, 0.25) is 11.8 Å². The fraction of sp³-hybridized carbons (Fsp3) is 0.529. The highest BCUT2D eigenvalue weighted by Gasteiger charge is 2.31. The zero-order valence-electron chi connectivity index (χ0n) is 13.8. The van der Waals surface area contributed by atoms with E-state index in [0.717, 1.165) is 13.0 Å². The summed E-state index contributed by atoms with van der Waals surface area (Å²) in [5, 5.41) is 2.78. The maximum absolute atomic E-state index is 13.1. The van der Waals surface area contributed by atoms with Gasteiger partial charge in [0.1, 0.15) is 5.82 Å². The average molecular weight is 337 g/mol. The van der Waals surface area contributed by atoms with Crippen LogP contribution in [0.15, 0.2) is 24.3 Å². The number of methoxy groups -OCH3 is 1. The minimum atomic E-state index is -0.362. The average Bonchev–Trinajstić information content (AvgIpc) is 2.53. The van der Waals surface area contributed by atoms with Gasteiger partial charge < -0.3 is 15.8 Å². The second-order valence-corrected chi connectivity index (χ2v) is 6.14. The zero-order valence-corrected chi connectivity index (χ0v) is 13.8. The number of carbonyl (C=O) groups excluding carboxylic acids is 2. The molecule has 1 heterocycles. The molecule has 0 aliphatic carbocycles. The van der Waals surface area contributed by atoms with Crippen molar-refractivity contribution in [3.05, 3.63) is 35.6 Å². The van der Waals surface area contributed by atoms with Gasteiger partial charge in [0.25, 0.3) is 0 Å². The molecule has 1 saturated heterocycles. The number of halogens is 1. The summed E-state index contributed by atoms with van der Waals surface area (Å²) in [4.78, 5) is 25.3. The van der Waals surface area contributed by atoms with Crippen molar-refractivity contribution in [2.75, 3.05) is 26.7 Å². The van der Waals surface area contributed by atoms with Crippen molar-refractivity contribution in [1.29, 1.82) is 0 Å². The Bertz CT molecular complexity index is 582. The van der Waals surface area contributed by atoms with Crippen LogP contribution in [0.4, 0.5) is 4.39 Å². The first kappa shape index (κ1) is 18.4. The van der Waals surface area contributed by atoms with Crippen molar-refractivity contribution >= 4 is 11.8 Å². The van der Waals surface area contributed by atoms with E-state index in [9.17, 15) is 14.0 Å². The molecule has 6 nitrogen and oxygen atoms in total. The third kappa shape index (κ3) is 5.58. The summed E-state index contributed by atoms with van der Waals surface area (Å²) >= 11 is 0. The summed E-state index contributed by atoms with van der Waals surface area (Å²) in [5.41, 5.74) is 6.00. The molecular formula is C17H24FN3O3. The molecule has 3 N–H and O–H groups in total. The molecule has 0 radical (unpaired) electrons. The Kier molecular flexibility index (Phi) is 6.69. The van der Waals surface area contributed by atoms with Crippen LogP contribution < -0.4 is 11.1 Å². The number of likely N-dealkylation sites (tertiary alicyclic amines) is 1. The van der Waals surface area contributed by atoms with E-state index in [1.165, 1.54) is 12.1 Å². The van der Waals surface area contributed by atoms with E-state index in [0.29, 0.717) is 12.1 Å². The van der Waals surface area contributed by atoms with Gasteiger partial charge in [-0.2, -0.15) is 0 Å². The van der Waals surface area contributed by atoms with Gasteiger partial charge in [-0.05, 0) is 24.1 Å². The van der Waals surface area contributed by atoms with Gasteiger partial charge in [0.05, 0.1) is 12.6 Å². The van der Waals surface area contributed by atoms with E-state index in [-0.39, 0.29) is 49.2 Å². The Hall–Kier alpha value is -1.99. The molecule has 24 heavy (non-hydrogen) atoms. The number of nitrogens with two attached hydrogens (primary N) is 1. The molecule has 1 fully saturated rings. The molecule has 1 aromatic carbocycles. The van der Waals surface area contributed by atoms with E-state index in [1.54, 1.807) is 19.2 Å². The predicted molar refractivity (Wildman–Crippen MR) is 87.4 cm³/mol. The first-order valence-electron chi connectivity index (χ1n) is 8.02. The molecular weight excluding hydrogens is 313 g/mol. The standard InChI is InChI=1S/C17H24FN3O3/c1-24-15-5-6-21(10-13(15)8-16(19)22)11-17(23)20-9-12-3-2-4-14(18)7-12/h2-4,7,13,15H,5-6,8-11H2,1H3,(H2,19,22)(H,20,23)/t13-,15-/m1/s1. The van der Waals surface area contributed by atoms with Crippen molar-refractivity contribution in [2.45, 2.75) is 25.5 Å². The van der Waals surface area contributed by atoms with Crippen LogP contribution in [0.3, 0.4) is 0 Å². The minimum Gasteiger partial charge on any atom is -0.381 e. The normalized spacial score (nSPS) is 21.4. The molecule has 1 aliphatic heterocycles. The predicted octanol–water partition coefficient (Wildman–Crippen LogP) is 0.654. The number of amides is 2. The molecule has 0 unspecified atom stereocenters. The highest BCUT2D eigenvalue weighted by Crippen LogP contribution is 2.22. The van der Waals surface area contributed by atoms with Crippen LogP contribution >= 0.6 is 0 Å². The van der Waals surface area contributed by atoms with E-state index >= 15 is 0 Å². The number of nitrogens with one attached hydrogen (secondary N) is 1. The molecule has 1 aliphatic rings. The van der Waals surface area contributed by atoms with Crippen molar-refractivity contribution in [3.8, 4) is 0 Å². The van der Waals surface area contributed by atoms with Gasteiger partial charge in [-0.1, -0.05) is 12.1 Å². The molecule has 2 amide bonds. The lowest BCUT2D eigenvalue weighted by atomic mass is 9.91. The molecule has 7 heteroatoms. The van der Waals surface area contributed by atoms with Crippen LogP contribution in [0.5, 0.6) is 0 Å². The highest BCUT2D eigenvalue weighted by molar-refractivity contribution is 5.78. The van der Waals surface area contributed by atoms with E-state index < -0.39 is 0 Å². The molecule has 1 aromatic rings. The second kappa shape index (κ2) is 8.75. The number of hydrogen-bond donors (Lipinski definition) is 2. The van der Waals surface area contributed by atoms with Gasteiger partial charge in [0, 0.05) is 39.1 Å². The second-order valence-electron chi connectivity index (χ2n) is 6.14. The third-order valence-electron chi connectivity index (χ3n) is 4.26. The van der Waals surface area contributed by atoms with E-state index in [4.69, 9.17) is 10.5 Å². The van der Waals surface area contributed by atoms with E-state index in [2.05, 4.69) is 5.32 Å². The van der Waals surface area contributed by atoms with Crippen LogP contribution in [-0.4, -0.2) is 49.6 Å². The van der Waals surface area contributed by atoms with Crippen molar-refractivity contribution in [2.24, 2.45) is 11.7 Å². The summed E-state index contributed by atoms with van der Waals surface area (Å²) < 4.78 is 18.5. The Morgan fingerprint density at radius 2 is 2.25 bits per heavy atom. The summed E-state index contributed by atoms with van der Waals surface area (Å²) in [5.74, 6) is -0.817. The Morgan fingerprint density at radius 1 is 1.46 bits per heavy atom. The number of ether oxygens (including phenoxy) is 1. The summed E-state index contributed by atoms with van der Waals surface area (Å²) in [6.07, 6.45) is 0.995.